The molecule has 16 heavy (non-hydrogen) atoms. The second-order valence-electron chi connectivity index (χ2n) is 2.70. The summed E-state index contributed by atoms with van der Waals surface area (Å²) in [6.07, 6.45) is -0.540. The first-order valence-corrected chi connectivity index (χ1v) is 4.76. The predicted octanol–water partition coefficient (Wildman–Crippen LogP) is 1.02. The number of halogens is 1. The van der Waals surface area contributed by atoms with Crippen LogP contribution in [0, 0.1) is 11.8 Å². The number of pyridine rings is 1. The molecule has 0 spiro atoms. The standard InChI is InChI=1S/C10H10ClN3O2/c1-13-10(15)16-6-2-3-8-7(12)4-5-9(11)14-8/h4-5H,6,12H2,1H3,(H,13,15). The summed E-state index contributed by atoms with van der Waals surface area (Å²) in [5, 5.41) is 2.60. The number of alkyl carbamates (subject to hydrolysis) is 1. The highest BCUT2D eigenvalue weighted by molar-refractivity contribution is 6.29. The number of hydrogen-bond donors (Lipinski definition) is 2. The van der Waals surface area contributed by atoms with Crippen LogP contribution in [-0.4, -0.2) is 24.7 Å². The van der Waals surface area contributed by atoms with Crippen molar-refractivity contribution in [1.29, 1.82) is 0 Å². The molecule has 0 bridgehead atoms. The molecule has 3 N–H and O–H groups in total. The number of amides is 1. The van der Waals surface area contributed by atoms with Crippen molar-refractivity contribution in [2.45, 2.75) is 0 Å². The quantitative estimate of drug-likeness (QED) is 0.567. The van der Waals surface area contributed by atoms with E-state index in [4.69, 9.17) is 17.3 Å². The van der Waals surface area contributed by atoms with Gasteiger partial charge in [-0.1, -0.05) is 17.5 Å². The topological polar surface area (TPSA) is 77.2 Å². The molecule has 1 rings (SSSR count). The fraction of sp³-hybridized carbons (Fsp3) is 0.200. The Bertz CT molecular complexity index is 451. The molecular formula is C10H10ClN3O2. The van der Waals surface area contributed by atoms with Crippen LogP contribution < -0.4 is 11.1 Å². The number of carbonyl (C=O) groups is 1. The van der Waals surface area contributed by atoms with Crippen molar-refractivity contribution in [1.82, 2.24) is 10.3 Å². The zero-order valence-electron chi connectivity index (χ0n) is 8.58. The zero-order valence-corrected chi connectivity index (χ0v) is 9.34. The maximum atomic E-state index is 10.7. The Morgan fingerprint density at radius 2 is 2.44 bits per heavy atom. The zero-order chi connectivity index (χ0) is 12.0. The molecule has 0 unspecified atom stereocenters. The molecule has 1 heterocycles. The van der Waals surface area contributed by atoms with Gasteiger partial charge in [-0.3, -0.25) is 0 Å². The lowest BCUT2D eigenvalue weighted by Gasteiger charge is -1.98. The highest BCUT2D eigenvalue weighted by atomic mass is 35.5. The molecule has 1 amide bonds. The number of aromatic nitrogens is 1. The van der Waals surface area contributed by atoms with Gasteiger partial charge in [-0.2, -0.15) is 0 Å². The lowest BCUT2D eigenvalue weighted by Crippen LogP contribution is -2.19. The van der Waals surface area contributed by atoms with Crippen molar-refractivity contribution in [3.05, 3.63) is 23.0 Å². The van der Waals surface area contributed by atoms with Crippen LogP contribution in [0.1, 0.15) is 5.69 Å². The number of hydrogen-bond acceptors (Lipinski definition) is 4. The number of nitrogen functional groups attached to an aromatic ring is 1. The van der Waals surface area contributed by atoms with Gasteiger partial charge in [0.2, 0.25) is 0 Å². The smallest absolute Gasteiger partial charge is 0.407 e. The molecule has 0 aromatic carbocycles. The molecule has 6 heteroatoms. The summed E-state index contributed by atoms with van der Waals surface area (Å²) >= 11 is 5.67. The maximum absolute atomic E-state index is 10.7. The Hall–Kier alpha value is -1.93. The summed E-state index contributed by atoms with van der Waals surface area (Å²) < 4.78 is 4.66. The van der Waals surface area contributed by atoms with Gasteiger partial charge in [0, 0.05) is 7.05 Å². The van der Waals surface area contributed by atoms with E-state index in [-0.39, 0.29) is 6.61 Å². The van der Waals surface area contributed by atoms with E-state index in [0.29, 0.717) is 16.5 Å². The Kier molecular flexibility index (Phi) is 4.42. The van der Waals surface area contributed by atoms with Gasteiger partial charge in [-0.25, -0.2) is 9.78 Å². The minimum atomic E-state index is -0.540. The molecule has 1 aromatic rings. The van der Waals surface area contributed by atoms with Crippen molar-refractivity contribution < 1.29 is 9.53 Å². The minimum Gasteiger partial charge on any atom is -0.436 e. The molecule has 0 fully saturated rings. The Balaban J connectivity index is 2.62. The van der Waals surface area contributed by atoms with Crippen LogP contribution >= 0.6 is 11.6 Å². The van der Waals surface area contributed by atoms with E-state index in [9.17, 15) is 4.79 Å². The van der Waals surface area contributed by atoms with E-state index in [2.05, 4.69) is 26.9 Å². The summed E-state index contributed by atoms with van der Waals surface area (Å²) in [7, 11) is 1.46. The third-order valence-corrected chi connectivity index (χ3v) is 1.79. The highest BCUT2D eigenvalue weighted by Crippen LogP contribution is 2.11. The van der Waals surface area contributed by atoms with Crippen LogP contribution in [0.15, 0.2) is 12.1 Å². The van der Waals surface area contributed by atoms with Crippen molar-refractivity contribution in [2.24, 2.45) is 0 Å². The van der Waals surface area contributed by atoms with Gasteiger partial charge in [0.15, 0.2) is 6.61 Å². The molecule has 0 aliphatic carbocycles. The summed E-state index contributed by atoms with van der Waals surface area (Å²) in [6.45, 7) is -0.0344. The number of carbonyl (C=O) groups excluding carboxylic acids is 1. The van der Waals surface area contributed by atoms with Gasteiger partial charge in [0.05, 0.1) is 5.69 Å². The molecule has 0 aliphatic heterocycles. The summed E-state index contributed by atoms with van der Waals surface area (Å²) in [5.74, 6) is 5.26. The van der Waals surface area contributed by atoms with E-state index < -0.39 is 6.09 Å². The molecule has 5 nitrogen and oxygen atoms in total. The fourth-order valence-corrected chi connectivity index (χ4v) is 0.987. The lowest BCUT2D eigenvalue weighted by atomic mass is 10.3. The average Bonchev–Trinajstić information content (AvgIpc) is 2.28. The largest absolute Gasteiger partial charge is 0.436 e. The molecule has 84 valence electrons. The van der Waals surface area contributed by atoms with Crippen LogP contribution in [0.3, 0.4) is 0 Å². The molecule has 0 radical (unpaired) electrons. The highest BCUT2D eigenvalue weighted by Gasteiger charge is 1.98. The molecule has 0 saturated heterocycles. The number of nitrogens with zero attached hydrogens (tertiary/aromatic N) is 1. The summed E-state index contributed by atoms with van der Waals surface area (Å²) in [4.78, 5) is 14.6. The number of anilines is 1. The second-order valence-corrected chi connectivity index (χ2v) is 3.09. The van der Waals surface area contributed by atoms with Crippen molar-refractivity contribution in [3.63, 3.8) is 0 Å². The van der Waals surface area contributed by atoms with Crippen molar-refractivity contribution in [3.8, 4) is 11.8 Å². The van der Waals surface area contributed by atoms with Crippen LogP contribution in [0.25, 0.3) is 0 Å². The van der Waals surface area contributed by atoms with Crippen LogP contribution in [0.5, 0.6) is 0 Å². The minimum absolute atomic E-state index is 0.0344. The first kappa shape index (κ1) is 12.1. The Morgan fingerprint density at radius 1 is 1.69 bits per heavy atom. The van der Waals surface area contributed by atoms with Crippen molar-refractivity contribution in [2.75, 3.05) is 19.4 Å². The van der Waals surface area contributed by atoms with Crippen LogP contribution in [-0.2, 0) is 4.74 Å². The van der Waals surface area contributed by atoms with Gasteiger partial charge < -0.3 is 15.8 Å². The maximum Gasteiger partial charge on any atom is 0.407 e. The van der Waals surface area contributed by atoms with Gasteiger partial charge in [-0.05, 0) is 18.1 Å². The normalized spacial score (nSPS) is 8.88. The molecular weight excluding hydrogens is 230 g/mol. The number of nitrogens with two attached hydrogens (primary N) is 1. The van der Waals surface area contributed by atoms with Gasteiger partial charge in [-0.15, -0.1) is 0 Å². The predicted molar refractivity (Wildman–Crippen MR) is 60.9 cm³/mol. The summed E-state index contributed by atoms with van der Waals surface area (Å²) in [6, 6.07) is 3.18. The average molecular weight is 240 g/mol. The van der Waals surface area contributed by atoms with Gasteiger partial charge in [0.25, 0.3) is 0 Å². The number of ether oxygens (including phenoxy) is 1. The fourth-order valence-electron chi connectivity index (χ4n) is 0.840. The van der Waals surface area contributed by atoms with E-state index >= 15 is 0 Å². The monoisotopic (exact) mass is 239 g/mol. The van der Waals surface area contributed by atoms with Gasteiger partial charge >= 0.3 is 6.09 Å². The molecule has 1 aromatic heterocycles. The lowest BCUT2D eigenvalue weighted by molar-refractivity contribution is 0.162. The van der Waals surface area contributed by atoms with Crippen LogP contribution in [0.4, 0.5) is 10.5 Å². The number of nitrogens with one attached hydrogen (secondary N) is 1. The SMILES string of the molecule is CNC(=O)OCC#Cc1nc(Cl)ccc1N. The van der Waals surface area contributed by atoms with E-state index in [1.165, 1.54) is 7.05 Å². The Morgan fingerprint density at radius 3 is 3.12 bits per heavy atom. The third-order valence-electron chi connectivity index (χ3n) is 1.58. The molecule has 0 atom stereocenters. The molecule has 0 aliphatic rings. The van der Waals surface area contributed by atoms with E-state index in [1.807, 2.05) is 0 Å². The third kappa shape index (κ3) is 3.67. The van der Waals surface area contributed by atoms with E-state index in [0.717, 1.165) is 0 Å². The van der Waals surface area contributed by atoms with Crippen LogP contribution in [0.2, 0.25) is 5.15 Å². The Labute approximate surface area is 97.9 Å². The number of rotatable bonds is 1. The second kappa shape index (κ2) is 5.83. The summed E-state index contributed by atoms with van der Waals surface area (Å²) in [5.41, 5.74) is 6.41. The first-order chi connectivity index (χ1) is 7.63. The van der Waals surface area contributed by atoms with E-state index in [1.54, 1.807) is 12.1 Å². The van der Waals surface area contributed by atoms with Crippen molar-refractivity contribution >= 4 is 23.4 Å². The van der Waals surface area contributed by atoms with Gasteiger partial charge in [0.1, 0.15) is 10.8 Å². The molecule has 0 saturated carbocycles. The first-order valence-electron chi connectivity index (χ1n) is 4.39.